The van der Waals surface area contributed by atoms with Gasteiger partial charge >= 0.3 is 5.97 Å². The Morgan fingerprint density at radius 2 is 2.03 bits per heavy atom. The molecule has 4 rings (SSSR count). The van der Waals surface area contributed by atoms with Gasteiger partial charge in [0.25, 0.3) is 5.56 Å². The average molecular weight is 393 g/mol. The summed E-state index contributed by atoms with van der Waals surface area (Å²) < 4.78 is 12.5. The maximum absolute atomic E-state index is 12.5. The molecule has 0 aliphatic carbocycles. The number of aryl methyl sites for hydroxylation is 1. The number of hydrogen-bond donors (Lipinski definition) is 0. The first-order valence-corrected chi connectivity index (χ1v) is 9.12. The first-order valence-electron chi connectivity index (χ1n) is 9.12. The Bertz CT molecular complexity index is 1170. The highest BCUT2D eigenvalue weighted by Crippen LogP contribution is 2.33. The van der Waals surface area contributed by atoms with Gasteiger partial charge in [-0.25, -0.2) is 9.78 Å². The van der Waals surface area contributed by atoms with E-state index in [0.717, 1.165) is 5.56 Å². The van der Waals surface area contributed by atoms with Crippen LogP contribution in [0.3, 0.4) is 0 Å². The maximum Gasteiger partial charge on any atom is 0.349 e. The smallest absolute Gasteiger partial charge is 0.349 e. The van der Waals surface area contributed by atoms with E-state index in [9.17, 15) is 14.4 Å². The third-order valence-electron chi connectivity index (χ3n) is 4.64. The number of nitrogens with zero attached hydrogens (tertiary/aromatic N) is 3. The molecule has 0 fully saturated rings. The number of aromatic nitrogens is 2. The van der Waals surface area contributed by atoms with Crippen LogP contribution in [0.5, 0.6) is 5.75 Å². The number of pyridine rings is 1. The Morgan fingerprint density at radius 3 is 2.83 bits per heavy atom. The predicted molar refractivity (Wildman–Crippen MR) is 105 cm³/mol. The standard InChI is InChI=1S/C21H19N3O5/c1-13-7-8-19-22-15(9-20(26)24(19)10-13)12-28-21(27)18-11-23(14(2)25)16-5-3-4-6-17(16)29-18/h3-10,18H,11-12H2,1-2H3. The normalized spacial score (nSPS) is 15.5. The molecule has 1 unspecified atom stereocenters. The first-order chi connectivity index (χ1) is 13.9. The molecule has 1 aliphatic heterocycles. The van der Waals surface area contributed by atoms with Gasteiger partial charge in [-0.3, -0.25) is 14.0 Å². The molecule has 1 aromatic carbocycles. The number of fused-ring (bicyclic) bond motifs is 2. The van der Waals surface area contributed by atoms with Gasteiger partial charge < -0.3 is 14.4 Å². The number of carbonyl (C=O) groups excluding carboxylic acids is 2. The molecule has 0 bridgehead atoms. The summed E-state index contributed by atoms with van der Waals surface area (Å²) in [6, 6.07) is 11.9. The van der Waals surface area contributed by atoms with Crippen LogP contribution in [-0.4, -0.2) is 33.9 Å². The summed E-state index contributed by atoms with van der Waals surface area (Å²) in [6.45, 7) is 3.20. The number of hydrogen-bond acceptors (Lipinski definition) is 6. The molecule has 0 radical (unpaired) electrons. The molecule has 1 aliphatic rings. The molecular weight excluding hydrogens is 374 g/mol. The van der Waals surface area contributed by atoms with Gasteiger partial charge in [0.1, 0.15) is 18.0 Å². The maximum atomic E-state index is 12.5. The molecule has 3 aromatic rings. The lowest BCUT2D eigenvalue weighted by Gasteiger charge is -2.33. The number of esters is 1. The van der Waals surface area contributed by atoms with Gasteiger partial charge in [0.05, 0.1) is 17.9 Å². The van der Waals surface area contributed by atoms with Crippen molar-refractivity contribution in [1.82, 2.24) is 9.38 Å². The van der Waals surface area contributed by atoms with Crippen molar-refractivity contribution in [2.24, 2.45) is 0 Å². The van der Waals surface area contributed by atoms with Gasteiger partial charge in [-0.05, 0) is 30.7 Å². The summed E-state index contributed by atoms with van der Waals surface area (Å²) in [5.74, 6) is -0.386. The zero-order valence-corrected chi connectivity index (χ0v) is 16.0. The van der Waals surface area contributed by atoms with E-state index in [1.54, 1.807) is 36.5 Å². The Hall–Kier alpha value is -3.68. The van der Waals surface area contributed by atoms with Crippen molar-refractivity contribution in [3.05, 3.63) is 70.3 Å². The Morgan fingerprint density at radius 1 is 1.24 bits per heavy atom. The summed E-state index contributed by atoms with van der Waals surface area (Å²) in [6.07, 6.45) is 0.738. The van der Waals surface area contributed by atoms with Crippen LogP contribution in [0.1, 0.15) is 18.2 Å². The molecule has 3 heterocycles. The highest BCUT2D eigenvalue weighted by Gasteiger charge is 2.33. The van der Waals surface area contributed by atoms with Crippen molar-refractivity contribution in [1.29, 1.82) is 0 Å². The summed E-state index contributed by atoms with van der Waals surface area (Å²) in [4.78, 5) is 42.6. The summed E-state index contributed by atoms with van der Waals surface area (Å²) >= 11 is 0. The summed E-state index contributed by atoms with van der Waals surface area (Å²) in [7, 11) is 0. The van der Waals surface area contributed by atoms with Crippen LogP contribution >= 0.6 is 0 Å². The van der Waals surface area contributed by atoms with Crippen molar-refractivity contribution < 1.29 is 19.1 Å². The minimum Gasteiger partial charge on any atom is -0.475 e. The fraction of sp³-hybridized carbons (Fsp3) is 0.238. The highest BCUT2D eigenvalue weighted by molar-refractivity contribution is 5.95. The lowest BCUT2D eigenvalue weighted by atomic mass is 10.2. The molecule has 0 N–H and O–H groups in total. The molecule has 29 heavy (non-hydrogen) atoms. The monoisotopic (exact) mass is 393 g/mol. The molecule has 1 atom stereocenters. The number of ether oxygens (including phenoxy) is 2. The van der Waals surface area contributed by atoms with Gasteiger partial charge in [0.15, 0.2) is 0 Å². The van der Waals surface area contributed by atoms with Crippen LogP contribution in [-0.2, 0) is 20.9 Å². The van der Waals surface area contributed by atoms with E-state index in [4.69, 9.17) is 9.47 Å². The van der Waals surface area contributed by atoms with Crippen LogP contribution in [0, 0.1) is 6.92 Å². The van der Waals surface area contributed by atoms with Gasteiger partial charge in [-0.15, -0.1) is 0 Å². The van der Waals surface area contributed by atoms with E-state index in [2.05, 4.69) is 4.98 Å². The third-order valence-corrected chi connectivity index (χ3v) is 4.64. The SMILES string of the molecule is CC(=O)N1CC(C(=O)OCc2cc(=O)n3cc(C)ccc3n2)Oc2ccccc21. The van der Waals surface area contributed by atoms with Gasteiger partial charge in [0, 0.05) is 19.2 Å². The van der Waals surface area contributed by atoms with E-state index < -0.39 is 12.1 Å². The number of carbonyl (C=O) groups is 2. The van der Waals surface area contributed by atoms with E-state index in [1.807, 2.05) is 13.0 Å². The molecule has 0 spiro atoms. The largest absolute Gasteiger partial charge is 0.475 e. The van der Waals surface area contributed by atoms with Gasteiger partial charge in [0.2, 0.25) is 12.0 Å². The molecule has 2 aromatic heterocycles. The van der Waals surface area contributed by atoms with E-state index >= 15 is 0 Å². The zero-order chi connectivity index (χ0) is 20.5. The molecule has 1 amide bonds. The molecule has 0 saturated carbocycles. The molecule has 8 heteroatoms. The van der Waals surface area contributed by atoms with E-state index in [0.29, 0.717) is 22.8 Å². The van der Waals surface area contributed by atoms with Crippen molar-refractivity contribution in [2.75, 3.05) is 11.4 Å². The number of amides is 1. The highest BCUT2D eigenvalue weighted by atomic mass is 16.6. The van der Waals surface area contributed by atoms with Crippen LogP contribution in [0.25, 0.3) is 5.65 Å². The second kappa shape index (κ2) is 7.38. The van der Waals surface area contributed by atoms with Crippen LogP contribution in [0.15, 0.2) is 53.5 Å². The van der Waals surface area contributed by atoms with Crippen molar-refractivity contribution in [2.45, 2.75) is 26.6 Å². The topological polar surface area (TPSA) is 90.2 Å². The molecule has 148 valence electrons. The predicted octanol–water partition coefficient (Wildman–Crippen LogP) is 1.86. The quantitative estimate of drug-likeness (QED) is 0.631. The Kier molecular flexibility index (Phi) is 4.75. The number of rotatable bonds is 3. The zero-order valence-electron chi connectivity index (χ0n) is 16.0. The molecule has 8 nitrogen and oxygen atoms in total. The second-order valence-electron chi connectivity index (χ2n) is 6.83. The Balaban J connectivity index is 1.50. The lowest BCUT2D eigenvalue weighted by Crippen LogP contribution is -2.47. The van der Waals surface area contributed by atoms with Crippen LogP contribution < -0.4 is 15.2 Å². The summed E-state index contributed by atoms with van der Waals surface area (Å²) in [5.41, 5.74) is 2.11. The van der Waals surface area contributed by atoms with E-state index in [1.165, 1.54) is 22.3 Å². The third kappa shape index (κ3) is 3.69. The Labute approximate surface area is 166 Å². The van der Waals surface area contributed by atoms with Gasteiger partial charge in [-0.2, -0.15) is 0 Å². The van der Waals surface area contributed by atoms with Crippen LogP contribution in [0.4, 0.5) is 5.69 Å². The van der Waals surface area contributed by atoms with Crippen molar-refractivity contribution in [3.63, 3.8) is 0 Å². The molecule has 0 saturated heterocycles. The summed E-state index contributed by atoms with van der Waals surface area (Å²) in [5, 5.41) is 0. The van der Waals surface area contributed by atoms with Crippen molar-refractivity contribution >= 4 is 23.2 Å². The van der Waals surface area contributed by atoms with Gasteiger partial charge in [-0.1, -0.05) is 18.2 Å². The average Bonchev–Trinajstić information content (AvgIpc) is 2.71. The number of para-hydroxylation sites is 2. The minimum atomic E-state index is -0.960. The van der Waals surface area contributed by atoms with Crippen LogP contribution in [0.2, 0.25) is 0 Å². The lowest BCUT2D eigenvalue weighted by molar-refractivity contribution is -0.153. The fourth-order valence-electron chi connectivity index (χ4n) is 3.23. The number of benzene rings is 1. The second-order valence-corrected chi connectivity index (χ2v) is 6.83. The first kappa shape index (κ1) is 18.7. The van der Waals surface area contributed by atoms with E-state index in [-0.39, 0.29) is 24.6 Å². The number of anilines is 1. The fourth-order valence-corrected chi connectivity index (χ4v) is 3.23. The van der Waals surface area contributed by atoms with Crippen molar-refractivity contribution in [3.8, 4) is 5.75 Å². The minimum absolute atomic E-state index is 0.0538. The molecular formula is C21H19N3O5.